The molecular weight excluding hydrogens is 94.0 g/mol. The lowest BCUT2D eigenvalue weighted by molar-refractivity contribution is -1.07. The third-order valence-electron chi connectivity index (χ3n) is 1.03. The van der Waals surface area contributed by atoms with E-state index in [0.717, 1.165) is 6.42 Å². The summed E-state index contributed by atoms with van der Waals surface area (Å²) in [4.78, 5) is 0. The average Bonchev–Trinajstić information content (AvgIpc) is 1.65. The van der Waals surface area contributed by atoms with Crippen LogP contribution in [-0.4, -0.2) is 11.2 Å². The standard InChI is InChI=1S/C4H11NO2/c1-3-4(2)5(6)7/h4-6H,3H2,1-2H3. The van der Waals surface area contributed by atoms with E-state index in [1.165, 1.54) is 0 Å². The van der Waals surface area contributed by atoms with Crippen molar-refractivity contribution >= 4 is 0 Å². The van der Waals surface area contributed by atoms with Gasteiger partial charge in [0.2, 0.25) is 0 Å². The first-order valence-electron chi connectivity index (χ1n) is 2.41. The minimum absolute atomic E-state index is 0.181. The SMILES string of the molecule is CCC(C)[NH+]([O-])O. The summed E-state index contributed by atoms with van der Waals surface area (Å²) in [6.45, 7) is 3.56. The van der Waals surface area contributed by atoms with Gasteiger partial charge in [0.15, 0.2) is 0 Å². The first kappa shape index (κ1) is 6.88. The summed E-state index contributed by atoms with van der Waals surface area (Å²) in [5, 5.41) is 17.4. The summed E-state index contributed by atoms with van der Waals surface area (Å²) < 4.78 is 0. The van der Waals surface area contributed by atoms with Gasteiger partial charge >= 0.3 is 0 Å². The second-order valence-electron chi connectivity index (χ2n) is 1.65. The van der Waals surface area contributed by atoms with E-state index in [0.29, 0.717) is 0 Å². The van der Waals surface area contributed by atoms with E-state index in [2.05, 4.69) is 0 Å². The van der Waals surface area contributed by atoms with Crippen LogP contribution in [-0.2, 0) is 0 Å². The van der Waals surface area contributed by atoms with Crippen LogP contribution in [0.2, 0.25) is 0 Å². The number of hydrogen-bond donors (Lipinski definition) is 2. The molecule has 0 amide bonds. The molecule has 0 spiro atoms. The fourth-order valence-corrected chi connectivity index (χ4v) is 0.175. The zero-order valence-corrected chi connectivity index (χ0v) is 4.64. The molecular formula is C4H11NO2. The third-order valence-corrected chi connectivity index (χ3v) is 1.03. The molecule has 2 unspecified atom stereocenters. The van der Waals surface area contributed by atoms with Gasteiger partial charge < -0.3 is 5.21 Å². The van der Waals surface area contributed by atoms with E-state index in [4.69, 9.17) is 5.21 Å². The van der Waals surface area contributed by atoms with E-state index < -0.39 is 5.23 Å². The highest BCUT2D eigenvalue weighted by molar-refractivity contribution is 4.36. The van der Waals surface area contributed by atoms with Crippen molar-refractivity contribution in [1.29, 1.82) is 0 Å². The lowest BCUT2D eigenvalue weighted by Gasteiger charge is -2.17. The van der Waals surface area contributed by atoms with E-state index in [-0.39, 0.29) is 6.04 Å². The van der Waals surface area contributed by atoms with Crippen LogP contribution in [0.3, 0.4) is 0 Å². The molecule has 2 atom stereocenters. The van der Waals surface area contributed by atoms with Gasteiger partial charge in [0.1, 0.15) is 6.04 Å². The summed E-state index contributed by atoms with van der Waals surface area (Å²) in [5.74, 6) is 0. The van der Waals surface area contributed by atoms with Gasteiger partial charge in [-0.3, -0.25) is 0 Å². The molecule has 0 aliphatic carbocycles. The molecule has 0 heterocycles. The maximum atomic E-state index is 9.93. The van der Waals surface area contributed by atoms with Crippen LogP contribution in [0.5, 0.6) is 0 Å². The average molecular weight is 105 g/mol. The molecule has 0 fully saturated rings. The second-order valence-corrected chi connectivity index (χ2v) is 1.65. The zero-order chi connectivity index (χ0) is 5.86. The summed E-state index contributed by atoms with van der Waals surface area (Å²) in [7, 11) is 0. The Kier molecular flexibility index (Phi) is 2.91. The van der Waals surface area contributed by atoms with Gasteiger partial charge in [-0.15, -0.1) is 0 Å². The predicted molar refractivity (Wildman–Crippen MR) is 25.9 cm³/mol. The van der Waals surface area contributed by atoms with Crippen LogP contribution in [0.15, 0.2) is 0 Å². The highest BCUT2D eigenvalue weighted by atomic mass is 16.8. The molecule has 3 heteroatoms. The molecule has 3 nitrogen and oxygen atoms in total. The summed E-state index contributed by atoms with van der Waals surface area (Å²) in [6, 6.07) is -0.181. The Hall–Kier alpha value is -0.120. The minimum Gasteiger partial charge on any atom is -0.600 e. The Bertz CT molecular complexity index is 47.0. The van der Waals surface area contributed by atoms with Crippen LogP contribution in [0, 0.1) is 5.21 Å². The number of hydrogen-bond acceptors (Lipinski definition) is 2. The molecule has 0 aromatic heterocycles. The fraction of sp³-hybridized carbons (Fsp3) is 1.00. The largest absolute Gasteiger partial charge is 0.600 e. The van der Waals surface area contributed by atoms with Crippen molar-refractivity contribution < 1.29 is 10.4 Å². The molecule has 0 rings (SSSR count). The Morgan fingerprint density at radius 1 is 1.86 bits per heavy atom. The molecule has 0 aromatic carbocycles. The lowest BCUT2D eigenvalue weighted by atomic mass is 10.3. The van der Waals surface area contributed by atoms with Crippen molar-refractivity contribution in [2.45, 2.75) is 26.3 Å². The molecule has 0 saturated carbocycles. The quantitative estimate of drug-likeness (QED) is 0.467. The molecule has 0 bridgehead atoms. The highest BCUT2D eigenvalue weighted by Gasteiger charge is 2.00. The molecule has 0 aliphatic heterocycles. The van der Waals surface area contributed by atoms with E-state index in [1.54, 1.807) is 6.92 Å². The van der Waals surface area contributed by atoms with Crippen LogP contribution in [0.25, 0.3) is 0 Å². The van der Waals surface area contributed by atoms with Gasteiger partial charge in [-0.2, -0.15) is 0 Å². The van der Waals surface area contributed by atoms with Crippen molar-refractivity contribution in [3.63, 3.8) is 0 Å². The maximum Gasteiger partial charge on any atom is 0.114 e. The van der Waals surface area contributed by atoms with Crippen molar-refractivity contribution in [2.24, 2.45) is 0 Å². The number of quaternary nitrogens is 1. The van der Waals surface area contributed by atoms with Gasteiger partial charge in [-0.1, -0.05) is 6.92 Å². The van der Waals surface area contributed by atoms with Crippen LogP contribution < -0.4 is 5.23 Å². The highest BCUT2D eigenvalue weighted by Crippen LogP contribution is 1.77. The molecule has 0 aliphatic rings. The van der Waals surface area contributed by atoms with Crippen molar-refractivity contribution in [1.82, 2.24) is 0 Å². The smallest absolute Gasteiger partial charge is 0.114 e. The monoisotopic (exact) mass is 105 g/mol. The number of rotatable bonds is 2. The van der Waals surface area contributed by atoms with Crippen LogP contribution in [0.1, 0.15) is 20.3 Å². The van der Waals surface area contributed by atoms with Crippen molar-refractivity contribution in [3.05, 3.63) is 5.21 Å². The first-order valence-corrected chi connectivity index (χ1v) is 2.41. The van der Waals surface area contributed by atoms with E-state index in [9.17, 15) is 5.21 Å². The zero-order valence-electron chi connectivity index (χ0n) is 4.64. The Labute approximate surface area is 43.1 Å². The predicted octanol–water partition coefficient (Wildman–Crippen LogP) is -0.443. The van der Waals surface area contributed by atoms with Crippen LogP contribution in [0.4, 0.5) is 0 Å². The third kappa shape index (κ3) is 2.56. The number of nitrogens with one attached hydrogen (secondary N) is 1. The van der Waals surface area contributed by atoms with Gasteiger partial charge in [0.05, 0.1) is 0 Å². The molecule has 0 aromatic rings. The summed E-state index contributed by atoms with van der Waals surface area (Å²) in [5.41, 5.74) is 0. The normalized spacial score (nSPS) is 18.9. The summed E-state index contributed by atoms with van der Waals surface area (Å²) >= 11 is 0. The van der Waals surface area contributed by atoms with Gasteiger partial charge in [0.25, 0.3) is 0 Å². The second kappa shape index (κ2) is 2.96. The maximum absolute atomic E-state index is 9.93. The molecule has 0 radical (unpaired) electrons. The van der Waals surface area contributed by atoms with E-state index in [1.807, 2.05) is 6.92 Å². The Morgan fingerprint density at radius 2 is 2.29 bits per heavy atom. The lowest BCUT2D eigenvalue weighted by Crippen LogP contribution is -3.08. The molecule has 44 valence electrons. The topological polar surface area (TPSA) is 47.7 Å². The molecule has 7 heavy (non-hydrogen) atoms. The molecule has 2 N–H and O–H groups in total. The number of hydroxylamine groups is 2. The van der Waals surface area contributed by atoms with Gasteiger partial charge in [-0.05, 0) is 13.3 Å². The van der Waals surface area contributed by atoms with Gasteiger partial charge in [0, 0.05) is 0 Å². The first-order chi connectivity index (χ1) is 3.18. The van der Waals surface area contributed by atoms with Crippen molar-refractivity contribution in [3.8, 4) is 0 Å². The van der Waals surface area contributed by atoms with Crippen molar-refractivity contribution in [2.75, 3.05) is 0 Å². The van der Waals surface area contributed by atoms with E-state index >= 15 is 0 Å². The van der Waals surface area contributed by atoms with Gasteiger partial charge in [-0.25, -0.2) is 10.4 Å². The minimum atomic E-state index is -0.706. The fourth-order valence-electron chi connectivity index (χ4n) is 0.175. The Morgan fingerprint density at radius 3 is 2.29 bits per heavy atom. The summed E-state index contributed by atoms with van der Waals surface area (Å²) in [6.07, 6.45) is 0.718. The van der Waals surface area contributed by atoms with Crippen LogP contribution >= 0.6 is 0 Å². The Balaban J connectivity index is 3.14. The molecule has 0 saturated heterocycles.